The van der Waals surface area contributed by atoms with Crippen LogP contribution >= 0.6 is 0 Å². The summed E-state index contributed by atoms with van der Waals surface area (Å²) in [6, 6.07) is 0.892. The number of rotatable bonds is 4. The van der Waals surface area contributed by atoms with Crippen LogP contribution < -0.4 is 0 Å². The molecule has 0 saturated heterocycles. The number of fused-ring (bicyclic) bond motifs is 2. The second kappa shape index (κ2) is 6.45. The summed E-state index contributed by atoms with van der Waals surface area (Å²) in [6.07, 6.45) is 7.96. The van der Waals surface area contributed by atoms with Crippen LogP contribution in [-0.4, -0.2) is 45.2 Å². The van der Waals surface area contributed by atoms with Crippen LogP contribution in [0, 0.1) is 11.8 Å². The first-order chi connectivity index (χ1) is 12.3. The molecule has 1 unspecified atom stereocenters. The maximum Gasteiger partial charge on any atom is 0.336 e. The number of nitrogens with zero attached hydrogens (tertiary/aromatic N) is 2. The Labute approximate surface area is 156 Å². The fourth-order valence-electron chi connectivity index (χ4n) is 4.36. The SMILES string of the molecule is CC1C2=C3C4=NC/C3=C/C=N[C@H](C[C@@H]1C4)C(C(=O)OCC[Si](C)(C)C)=C2. The Morgan fingerprint density at radius 1 is 1.35 bits per heavy atom. The maximum absolute atomic E-state index is 12.9. The molecule has 2 aliphatic carbocycles. The van der Waals surface area contributed by atoms with Crippen molar-refractivity contribution in [3.05, 3.63) is 34.4 Å². The zero-order chi connectivity index (χ0) is 18.5. The molecule has 0 aromatic heterocycles. The molecule has 3 atom stereocenters. The van der Waals surface area contributed by atoms with Gasteiger partial charge in [-0.05, 0) is 54.0 Å². The summed E-state index contributed by atoms with van der Waals surface area (Å²) in [7, 11) is -1.22. The van der Waals surface area contributed by atoms with E-state index >= 15 is 0 Å². The second-order valence-corrected chi connectivity index (χ2v) is 14.8. The van der Waals surface area contributed by atoms with Gasteiger partial charge in [0.2, 0.25) is 0 Å². The molecule has 0 radical (unpaired) electrons. The number of esters is 1. The van der Waals surface area contributed by atoms with Crippen molar-refractivity contribution in [2.75, 3.05) is 13.2 Å². The predicted octanol–water partition coefficient (Wildman–Crippen LogP) is 3.98. The van der Waals surface area contributed by atoms with Gasteiger partial charge in [0.25, 0.3) is 0 Å². The highest BCUT2D eigenvalue weighted by Gasteiger charge is 2.40. The zero-order valence-corrected chi connectivity index (χ0v) is 17.2. The summed E-state index contributed by atoms with van der Waals surface area (Å²) in [6.45, 7) is 10.4. The molecule has 0 amide bonds. The van der Waals surface area contributed by atoms with Gasteiger partial charge in [-0.2, -0.15) is 0 Å². The molecule has 0 aromatic rings. The third kappa shape index (κ3) is 3.17. The van der Waals surface area contributed by atoms with Gasteiger partial charge in [-0.15, -0.1) is 0 Å². The molecule has 2 heterocycles. The van der Waals surface area contributed by atoms with Crippen molar-refractivity contribution in [1.82, 2.24) is 0 Å². The zero-order valence-electron chi connectivity index (χ0n) is 16.2. The summed E-state index contributed by atoms with van der Waals surface area (Å²) in [5.41, 5.74) is 5.75. The lowest BCUT2D eigenvalue weighted by Crippen LogP contribution is -2.27. The summed E-state index contributed by atoms with van der Waals surface area (Å²) < 4.78 is 5.68. The Hall–Kier alpha value is -1.75. The van der Waals surface area contributed by atoms with Crippen molar-refractivity contribution < 1.29 is 9.53 Å². The van der Waals surface area contributed by atoms with Crippen LogP contribution in [0.5, 0.6) is 0 Å². The van der Waals surface area contributed by atoms with Gasteiger partial charge in [-0.1, -0.05) is 26.6 Å². The molecule has 26 heavy (non-hydrogen) atoms. The van der Waals surface area contributed by atoms with Crippen LogP contribution in [-0.2, 0) is 9.53 Å². The van der Waals surface area contributed by atoms with Crippen molar-refractivity contribution in [3.63, 3.8) is 0 Å². The Morgan fingerprint density at radius 2 is 2.15 bits per heavy atom. The molecular weight excluding hydrogens is 340 g/mol. The molecule has 2 aliphatic heterocycles. The van der Waals surface area contributed by atoms with Gasteiger partial charge < -0.3 is 4.74 Å². The lowest BCUT2D eigenvalue weighted by atomic mass is 9.73. The molecule has 0 aromatic carbocycles. The Bertz CT molecular complexity index is 795. The molecule has 5 heteroatoms. The van der Waals surface area contributed by atoms with E-state index in [0.717, 1.165) is 31.0 Å². The fraction of sp³-hybridized carbons (Fsp3) is 0.571. The number of hydrogen-bond acceptors (Lipinski definition) is 4. The third-order valence-corrected chi connectivity index (χ3v) is 7.75. The highest BCUT2D eigenvalue weighted by molar-refractivity contribution is 6.76. The molecule has 138 valence electrons. The van der Waals surface area contributed by atoms with Crippen molar-refractivity contribution in [1.29, 1.82) is 0 Å². The Morgan fingerprint density at radius 3 is 2.92 bits per heavy atom. The monoisotopic (exact) mass is 368 g/mol. The van der Waals surface area contributed by atoms with Gasteiger partial charge >= 0.3 is 5.97 Å². The first-order valence-electron chi connectivity index (χ1n) is 9.73. The van der Waals surface area contributed by atoms with Crippen molar-refractivity contribution >= 4 is 26.0 Å². The highest BCUT2D eigenvalue weighted by Crippen LogP contribution is 2.45. The minimum Gasteiger partial charge on any atom is -0.463 e. The van der Waals surface area contributed by atoms with Gasteiger partial charge in [0.1, 0.15) is 0 Å². The van der Waals surface area contributed by atoms with E-state index in [1.54, 1.807) is 0 Å². The first-order valence-corrected chi connectivity index (χ1v) is 13.4. The number of carbonyl (C=O) groups excluding carboxylic acids is 1. The number of ether oxygens (including phenoxy) is 1. The van der Waals surface area contributed by atoms with Gasteiger partial charge in [0.05, 0.1) is 24.8 Å². The molecule has 4 aliphatic rings. The number of allylic oxidation sites excluding steroid dienone is 3. The normalized spacial score (nSPS) is 31.5. The van der Waals surface area contributed by atoms with Gasteiger partial charge in [0.15, 0.2) is 0 Å². The minimum atomic E-state index is -1.22. The largest absolute Gasteiger partial charge is 0.463 e. The van der Waals surface area contributed by atoms with E-state index in [9.17, 15) is 4.79 Å². The van der Waals surface area contributed by atoms with Crippen LogP contribution in [0.2, 0.25) is 25.7 Å². The topological polar surface area (TPSA) is 51.0 Å². The fourth-order valence-corrected chi connectivity index (χ4v) is 5.07. The summed E-state index contributed by atoms with van der Waals surface area (Å²) >= 11 is 0. The smallest absolute Gasteiger partial charge is 0.336 e. The predicted molar refractivity (Wildman–Crippen MR) is 109 cm³/mol. The van der Waals surface area contributed by atoms with Crippen molar-refractivity contribution in [2.24, 2.45) is 21.8 Å². The lowest BCUT2D eigenvalue weighted by molar-refractivity contribution is -0.138. The Kier molecular flexibility index (Phi) is 4.38. The average molecular weight is 369 g/mol. The average Bonchev–Trinajstić information content (AvgIpc) is 2.93. The molecule has 4 rings (SSSR count). The van der Waals surface area contributed by atoms with E-state index in [0.29, 0.717) is 18.4 Å². The minimum absolute atomic E-state index is 0.103. The number of hydrogen-bond donors (Lipinski definition) is 0. The first kappa shape index (κ1) is 17.7. The number of carbonyl (C=O) groups is 1. The summed E-state index contributed by atoms with van der Waals surface area (Å²) in [4.78, 5) is 22.4. The van der Waals surface area contributed by atoms with Crippen LogP contribution in [0.3, 0.4) is 0 Å². The second-order valence-electron chi connectivity index (χ2n) is 9.13. The van der Waals surface area contributed by atoms with Crippen molar-refractivity contribution in [3.8, 4) is 0 Å². The van der Waals surface area contributed by atoms with Gasteiger partial charge in [-0.25, -0.2) is 4.79 Å². The summed E-state index contributed by atoms with van der Waals surface area (Å²) in [5.74, 6) is 0.752. The van der Waals surface area contributed by atoms with E-state index in [1.165, 1.54) is 22.4 Å². The van der Waals surface area contributed by atoms with E-state index in [1.807, 2.05) is 6.21 Å². The van der Waals surface area contributed by atoms with Crippen LogP contribution in [0.15, 0.2) is 44.4 Å². The lowest BCUT2D eigenvalue weighted by Gasteiger charge is -2.31. The van der Waals surface area contributed by atoms with Crippen LogP contribution in [0.25, 0.3) is 0 Å². The standard InChI is InChI=1S/C21H28N2O2Si/c1-13-15-9-18-17(21(24)25-7-8-26(2,3)4)11-16(13)20-14(5-6-22-18)12-23-19(20)10-15/h5-6,11,13,15,18H,7-10,12H2,1-4H3/b14-5-,22-6?/t13?,15-,18-/m1/s1. The van der Waals surface area contributed by atoms with E-state index < -0.39 is 8.07 Å². The molecule has 0 N–H and O–H groups in total. The Balaban J connectivity index is 1.69. The van der Waals surface area contributed by atoms with Gasteiger partial charge in [0, 0.05) is 25.6 Å². The highest BCUT2D eigenvalue weighted by atomic mass is 28.3. The maximum atomic E-state index is 12.9. The number of aliphatic imine (C=N–C) groups is 2. The molecule has 0 saturated carbocycles. The quantitative estimate of drug-likeness (QED) is 0.556. The van der Waals surface area contributed by atoms with Gasteiger partial charge in [-0.3, -0.25) is 9.98 Å². The molecule has 0 spiro atoms. The third-order valence-electron chi connectivity index (χ3n) is 6.05. The van der Waals surface area contributed by atoms with E-state index in [4.69, 9.17) is 14.7 Å². The van der Waals surface area contributed by atoms with Crippen LogP contribution in [0.4, 0.5) is 0 Å². The van der Waals surface area contributed by atoms with Crippen molar-refractivity contribution in [2.45, 2.75) is 51.5 Å². The molecular formula is C21H28N2O2Si. The molecule has 0 fully saturated rings. The van der Waals surface area contributed by atoms with E-state index in [-0.39, 0.29) is 12.0 Å². The van der Waals surface area contributed by atoms with Crippen LogP contribution in [0.1, 0.15) is 19.8 Å². The molecule has 4 nitrogen and oxygen atoms in total. The van der Waals surface area contributed by atoms with E-state index in [2.05, 4.69) is 38.7 Å². The summed E-state index contributed by atoms with van der Waals surface area (Å²) in [5, 5.41) is 0. The molecule has 3 bridgehead atoms.